The van der Waals surface area contributed by atoms with Crippen LogP contribution in [0.3, 0.4) is 0 Å². The number of nitrogens with zero attached hydrogens (tertiary/aromatic N) is 2. The lowest BCUT2D eigenvalue weighted by Gasteiger charge is -2.05. The first kappa shape index (κ1) is 11.1. The predicted molar refractivity (Wildman–Crippen MR) is 57.8 cm³/mol. The zero-order chi connectivity index (χ0) is 10.6. The minimum absolute atomic E-state index is 0.0309. The lowest BCUT2D eigenvalue weighted by molar-refractivity contribution is -0.116. The van der Waals surface area contributed by atoms with Crippen LogP contribution in [0.4, 0.5) is 5.82 Å². The van der Waals surface area contributed by atoms with Gasteiger partial charge in [-0.05, 0) is 21.8 Å². The summed E-state index contributed by atoms with van der Waals surface area (Å²) in [5.41, 5.74) is 0. The molecule has 1 rings (SSSR count). The van der Waals surface area contributed by atoms with Crippen LogP contribution >= 0.6 is 15.9 Å². The summed E-state index contributed by atoms with van der Waals surface area (Å²) in [5.74, 6) is 0.800. The van der Waals surface area contributed by atoms with Gasteiger partial charge in [-0.3, -0.25) is 4.79 Å². The summed E-state index contributed by atoms with van der Waals surface area (Å²) in [6.07, 6.45) is 3.56. The number of carbonyl (C=O) groups is 1. The van der Waals surface area contributed by atoms with Gasteiger partial charge in [0.05, 0.1) is 12.4 Å². The molecule has 0 aromatic carbocycles. The maximum atomic E-state index is 11.3. The van der Waals surface area contributed by atoms with Crippen LogP contribution in [-0.4, -0.2) is 15.9 Å². The molecule has 76 valence electrons. The second-order valence-electron chi connectivity index (χ2n) is 3.37. The summed E-state index contributed by atoms with van der Waals surface area (Å²) in [6.45, 7) is 3.99. The van der Waals surface area contributed by atoms with Crippen LogP contribution in [0.25, 0.3) is 0 Å². The second kappa shape index (κ2) is 5.05. The average molecular weight is 258 g/mol. The van der Waals surface area contributed by atoms with Crippen LogP contribution in [0.5, 0.6) is 0 Å². The fraction of sp³-hybridized carbons (Fsp3) is 0.444. The van der Waals surface area contributed by atoms with Crippen molar-refractivity contribution in [3.63, 3.8) is 0 Å². The fourth-order valence-electron chi connectivity index (χ4n) is 0.941. The van der Waals surface area contributed by atoms with Crippen LogP contribution in [0, 0.1) is 5.92 Å². The monoisotopic (exact) mass is 257 g/mol. The first-order valence-electron chi connectivity index (χ1n) is 4.35. The topological polar surface area (TPSA) is 54.9 Å². The Hall–Kier alpha value is -0.970. The molecule has 0 spiro atoms. The average Bonchev–Trinajstić information content (AvgIpc) is 2.07. The van der Waals surface area contributed by atoms with Crippen molar-refractivity contribution in [1.82, 2.24) is 9.97 Å². The number of anilines is 1. The van der Waals surface area contributed by atoms with E-state index in [2.05, 4.69) is 31.2 Å². The Kier molecular flexibility index (Phi) is 4.00. The van der Waals surface area contributed by atoms with Crippen molar-refractivity contribution < 1.29 is 4.79 Å². The van der Waals surface area contributed by atoms with Gasteiger partial charge in [0.15, 0.2) is 5.82 Å². The largest absolute Gasteiger partial charge is 0.309 e. The maximum Gasteiger partial charge on any atom is 0.225 e. The van der Waals surface area contributed by atoms with Crippen molar-refractivity contribution >= 4 is 27.7 Å². The summed E-state index contributed by atoms with van der Waals surface area (Å²) in [7, 11) is 0. The van der Waals surface area contributed by atoms with Crippen LogP contribution in [-0.2, 0) is 4.79 Å². The highest BCUT2D eigenvalue weighted by Gasteiger charge is 2.05. The van der Waals surface area contributed by atoms with Crippen LogP contribution in [0.2, 0.25) is 0 Å². The molecule has 0 saturated heterocycles. The minimum atomic E-state index is -0.0309. The molecule has 5 heteroatoms. The van der Waals surface area contributed by atoms with E-state index in [4.69, 9.17) is 0 Å². The Morgan fingerprint density at radius 2 is 2.21 bits per heavy atom. The van der Waals surface area contributed by atoms with E-state index in [-0.39, 0.29) is 5.91 Å². The number of carbonyl (C=O) groups excluding carboxylic acids is 1. The molecule has 0 radical (unpaired) electrons. The van der Waals surface area contributed by atoms with Gasteiger partial charge in [-0.2, -0.15) is 0 Å². The number of nitrogens with one attached hydrogen (secondary N) is 1. The predicted octanol–water partition coefficient (Wildman–Crippen LogP) is 2.22. The maximum absolute atomic E-state index is 11.3. The lowest BCUT2D eigenvalue weighted by Crippen LogP contribution is -2.14. The van der Waals surface area contributed by atoms with Crippen molar-refractivity contribution in [3.8, 4) is 0 Å². The van der Waals surface area contributed by atoms with E-state index >= 15 is 0 Å². The molecule has 0 aliphatic heterocycles. The number of hydrogen-bond donors (Lipinski definition) is 1. The SMILES string of the molecule is CC(C)CC(=O)Nc1cnc(Br)cn1. The van der Waals surface area contributed by atoms with Crippen LogP contribution < -0.4 is 5.32 Å². The minimum Gasteiger partial charge on any atom is -0.309 e. The Morgan fingerprint density at radius 3 is 2.71 bits per heavy atom. The Labute approximate surface area is 91.3 Å². The number of aromatic nitrogens is 2. The van der Waals surface area contributed by atoms with Gasteiger partial charge >= 0.3 is 0 Å². The van der Waals surface area contributed by atoms with E-state index in [1.165, 1.54) is 6.20 Å². The lowest BCUT2D eigenvalue weighted by atomic mass is 10.1. The summed E-state index contributed by atoms with van der Waals surface area (Å²) >= 11 is 3.17. The van der Waals surface area contributed by atoms with E-state index < -0.39 is 0 Å². The molecule has 0 bridgehead atoms. The highest BCUT2D eigenvalue weighted by molar-refractivity contribution is 9.10. The van der Waals surface area contributed by atoms with Gasteiger partial charge in [0, 0.05) is 6.42 Å². The smallest absolute Gasteiger partial charge is 0.225 e. The first-order valence-corrected chi connectivity index (χ1v) is 5.14. The van der Waals surface area contributed by atoms with Crippen LogP contribution in [0.1, 0.15) is 20.3 Å². The van der Waals surface area contributed by atoms with Gasteiger partial charge in [-0.15, -0.1) is 0 Å². The molecule has 1 amide bonds. The molecule has 1 N–H and O–H groups in total. The Morgan fingerprint density at radius 1 is 1.50 bits per heavy atom. The fourth-order valence-corrected chi connectivity index (χ4v) is 1.15. The molecular weight excluding hydrogens is 246 g/mol. The van der Waals surface area contributed by atoms with E-state index in [1.54, 1.807) is 6.20 Å². The zero-order valence-corrected chi connectivity index (χ0v) is 9.71. The number of hydrogen-bond acceptors (Lipinski definition) is 3. The Balaban J connectivity index is 2.52. The molecule has 0 aliphatic rings. The third-order valence-electron chi connectivity index (χ3n) is 1.48. The van der Waals surface area contributed by atoms with Gasteiger partial charge < -0.3 is 5.32 Å². The van der Waals surface area contributed by atoms with Gasteiger partial charge in [-0.1, -0.05) is 13.8 Å². The quantitative estimate of drug-likeness (QED) is 0.904. The standard InChI is InChI=1S/C9H12BrN3O/c1-6(2)3-9(14)13-8-5-11-7(10)4-12-8/h4-6H,3H2,1-2H3,(H,12,13,14). The summed E-state index contributed by atoms with van der Waals surface area (Å²) < 4.78 is 0.652. The van der Waals surface area contributed by atoms with Gasteiger partial charge in [0.2, 0.25) is 5.91 Å². The van der Waals surface area contributed by atoms with E-state index in [0.29, 0.717) is 22.8 Å². The molecule has 0 aliphatic carbocycles. The molecule has 1 heterocycles. The summed E-state index contributed by atoms with van der Waals surface area (Å²) in [6, 6.07) is 0. The zero-order valence-electron chi connectivity index (χ0n) is 8.12. The second-order valence-corrected chi connectivity index (χ2v) is 4.18. The Bertz CT molecular complexity index is 310. The van der Waals surface area contributed by atoms with Crippen molar-refractivity contribution in [2.24, 2.45) is 5.92 Å². The van der Waals surface area contributed by atoms with Gasteiger partial charge in [-0.25, -0.2) is 9.97 Å². The van der Waals surface area contributed by atoms with Crippen molar-refractivity contribution in [2.75, 3.05) is 5.32 Å². The molecule has 1 aromatic rings. The van der Waals surface area contributed by atoms with E-state index in [1.807, 2.05) is 13.8 Å². The van der Waals surface area contributed by atoms with Crippen LogP contribution in [0.15, 0.2) is 17.0 Å². The molecule has 0 unspecified atom stereocenters. The first-order chi connectivity index (χ1) is 6.58. The van der Waals surface area contributed by atoms with E-state index in [9.17, 15) is 4.79 Å². The van der Waals surface area contributed by atoms with Gasteiger partial charge in [0.25, 0.3) is 0 Å². The van der Waals surface area contributed by atoms with Crippen molar-refractivity contribution in [1.29, 1.82) is 0 Å². The highest BCUT2D eigenvalue weighted by Crippen LogP contribution is 2.07. The molecule has 0 fully saturated rings. The normalized spacial score (nSPS) is 10.3. The third kappa shape index (κ3) is 3.83. The third-order valence-corrected chi connectivity index (χ3v) is 1.89. The summed E-state index contributed by atoms with van der Waals surface area (Å²) in [4.78, 5) is 19.3. The van der Waals surface area contributed by atoms with Crippen molar-refractivity contribution in [2.45, 2.75) is 20.3 Å². The molecule has 14 heavy (non-hydrogen) atoms. The number of rotatable bonds is 3. The highest BCUT2D eigenvalue weighted by atomic mass is 79.9. The summed E-state index contributed by atoms with van der Waals surface area (Å²) in [5, 5.41) is 2.67. The van der Waals surface area contributed by atoms with Gasteiger partial charge in [0.1, 0.15) is 4.60 Å². The molecule has 4 nitrogen and oxygen atoms in total. The number of amides is 1. The molecular formula is C9H12BrN3O. The van der Waals surface area contributed by atoms with Crippen molar-refractivity contribution in [3.05, 3.63) is 17.0 Å². The van der Waals surface area contributed by atoms with E-state index in [0.717, 1.165) is 0 Å². The number of halogens is 1. The molecule has 0 saturated carbocycles. The molecule has 0 atom stereocenters. The molecule has 1 aromatic heterocycles.